The minimum Gasteiger partial charge on any atom is -0.324 e. The molecule has 1 unspecified atom stereocenters. The fourth-order valence-corrected chi connectivity index (χ4v) is 3.01. The maximum absolute atomic E-state index is 12.2. The van der Waals surface area contributed by atoms with Crippen molar-refractivity contribution in [1.29, 1.82) is 0 Å². The molecule has 1 atom stereocenters. The molecular formula is C15H19N3O2S. The molecule has 2 rings (SSSR count). The number of benzene rings is 1. The SMILES string of the molecule is CC(N)c1cccc(S(=O)(=O)NCCc2cccnc2)c1. The van der Waals surface area contributed by atoms with Crippen LogP contribution in [0, 0.1) is 0 Å². The number of rotatable bonds is 6. The van der Waals surface area contributed by atoms with Crippen molar-refractivity contribution in [3.05, 3.63) is 59.9 Å². The van der Waals surface area contributed by atoms with E-state index >= 15 is 0 Å². The van der Waals surface area contributed by atoms with Crippen molar-refractivity contribution in [3.8, 4) is 0 Å². The molecule has 0 aliphatic carbocycles. The summed E-state index contributed by atoms with van der Waals surface area (Å²) in [5.41, 5.74) is 7.57. The zero-order valence-electron chi connectivity index (χ0n) is 11.9. The number of hydrogen-bond acceptors (Lipinski definition) is 4. The van der Waals surface area contributed by atoms with Crippen LogP contribution in [0.4, 0.5) is 0 Å². The molecule has 0 amide bonds. The molecular weight excluding hydrogens is 286 g/mol. The Morgan fingerprint density at radius 3 is 2.76 bits per heavy atom. The van der Waals surface area contributed by atoms with Gasteiger partial charge in [0.25, 0.3) is 0 Å². The predicted octanol–water partition coefficient (Wildman–Crippen LogP) is 1.62. The molecule has 0 fully saturated rings. The molecule has 1 aromatic heterocycles. The lowest BCUT2D eigenvalue weighted by molar-refractivity contribution is 0.581. The van der Waals surface area contributed by atoms with E-state index in [4.69, 9.17) is 5.73 Å². The summed E-state index contributed by atoms with van der Waals surface area (Å²) in [5, 5.41) is 0. The van der Waals surface area contributed by atoms with Crippen LogP contribution in [0.1, 0.15) is 24.1 Å². The van der Waals surface area contributed by atoms with Crippen LogP contribution in [0.15, 0.2) is 53.7 Å². The quantitative estimate of drug-likeness (QED) is 0.849. The predicted molar refractivity (Wildman–Crippen MR) is 82.2 cm³/mol. The Labute approximate surface area is 125 Å². The summed E-state index contributed by atoms with van der Waals surface area (Å²) < 4.78 is 27.1. The standard InChI is InChI=1S/C15H19N3O2S/c1-12(16)14-5-2-6-15(10-14)21(19,20)18-9-7-13-4-3-8-17-11-13/h2-6,8,10-12,18H,7,9,16H2,1H3. The molecule has 2 aromatic rings. The van der Waals surface area contributed by atoms with Gasteiger partial charge in [-0.25, -0.2) is 13.1 Å². The zero-order chi connectivity index (χ0) is 15.3. The van der Waals surface area contributed by atoms with Crippen LogP contribution in [0.5, 0.6) is 0 Å². The van der Waals surface area contributed by atoms with Crippen molar-refractivity contribution >= 4 is 10.0 Å². The Morgan fingerprint density at radius 1 is 1.29 bits per heavy atom. The molecule has 0 spiro atoms. The molecule has 0 aliphatic rings. The first-order valence-corrected chi connectivity index (χ1v) is 8.21. The third kappa shape index (κ3) is 4.35. The molecule has 0 saturated heterocycles. The molecule has 0 saturated carbocycles. The Balaban J connectivity index is 2.03. The van der Waals surface area contributed by atoms with Crippen molar-refractivity contribution in [2.75, 3.05) is 6.54 Å². The van der Waals surface area contributed by atoms with Crippen molar-refractivity contribution in [2.45, 2.75) is 24.3 Å². The summed E-state index contributed by atoms with van der Waals surface area (Å²) in [6.07, 6.45) is 4.01. The maximum Gasteiger partial charge on any atom is 0.240 e. The van der Waals surface area contributed by atoms with Gasteiger partial charge in [-0.2, -0.15) is 0 Å². The topological polar surface area (TPSA) is 85.1 Å². The van der Waals surface area contributed by atoms with E-state index in [-0.39, 0.29) is 10.9 Å². The molecule has 0 bridgehead atoms. The first kappa shape index (κ1) is 15.6. The second-order valence-electron chi connectivity index (χ2n) is 4.87. The van der Waals surface area contributed by atoms with E-state index in [9.17, 15) is 8.42 Å². The molecule has 0 aliphatic heterocycles. The van der Waals surface area contributed by atoms with Gasteiger partial charge in [-0.3, -0.25) is 4.98 Å². The maximum atomic E-state index is 12.2. The van der Waals surface area contributed by atoms with Crippen LogP contribution in [0.25, 0.3) is 0 Å². The van der Waals surface area contributed by atoms with Gasteiger partial charge in [-0.05, 0) is 42.7 Å². The van der Waals surface area contributed by atoms with Gasteiger partial charge in [0, 0.05) is 25.0 Å². The lowest BCUT2D eigenvalue weighted by Gasteiger charge is -2.10. The average molecular weight is 305 g/mol. The van der Waals surface area contributed by atoms with Gasteiger partial charge in [-0.1, -0.05) is 18.2 Å². The van der Waals surface area contributed by atoms with Crippen LogP contribution in [0.2, 0.25) is 0 Å². The average Bonchev–Trinajstić information content (AvgIpc) is 2.48. The van der Waals surface area contributed by atoms with Crippen LogP contribution in [-0.4, -0.2) is 19.9 Å². The van der Waals surface area contributed by atoms with E-state index in [2.05, 4.69) is 9.71 Å². The second kappa shape index (κ2) is 6.80. The first-order chi connectivity index (χ1) is 9.99. The van der Waals surface area contributed by atoms with Gasteiger partial charge in [0.15, 0.2) is 0 Å². The van der Waals surface area contributed by atoms with Gasteiger partial charge in [0.1, 0.15) is 0 Å². The zero-order valence-corrected chi connectivity index (χ0v) is 12.7. The van der Waals surface area contributed by atoms with Crippen molar-refractivity contribution in [3.63, 3.8) is 0 Å². The summed E-state index contributed by atoms with van der Waals surface area (Å²) >= 11 is 0. The van der Waals surface area contributed by atoms with E-state index in [0.717, 1.165) is 11.1 Å². The summed E-state index contributed by atoms with van der Waals surface area (Å²) in [6.45, 7) is 2.15. The van der Waals surface area contributed by atoms with Gasteiger partial charge < -0.3 is 5.73 Å². The van der Waals surface area contributed by atoms with Crippen LogP contribution in [-0.2, 0) is 16.4 Å². The van der Waals surface area contributed by atoms with Crippen LogP contribution < -0.4 is 10.5 Å². The smallest absolute Gasteiger partial charge is 0.240 e. The molecule has 1 heterocycles. The highest BCUT2D eigenvalue weighted by Gasteiger charge is 2.14. The van der Waals surface area contributed by atoms with E-state index < -0.39 is 10.0 Å². The van der Waals surface area contributed by atoms with Crippen LogP contribution in [0.3, 0.4) is 0 Å². The minimum absolute atomic E-state index is 0.199. The Morgan fingerprint density at radius 2 is 2.10 bits per heavy atom. The molecule has 1 aromatic carbocycles. The molecule has 3 N–H and O–H groups in total. The number of nitrogens with zero attached hydrogens (tertiary/aromatic N) is 1. The number of nitrogens with one attached hydrogen (secondary N) is 1. The van der Waals surface area contributed by atoms with E-state index in [1.807, 2.05) is 25.1 Å². The van der Waals surface area contributed by atoms with E-state index in [1.54, 1.807) is 30.6 Å². The molecule has 6 heteroatoms. The summed E-state index contributed by atoms with van der Waals surface area (Å²) in [6, 6.07) is 10.2. The number of hydrogen-bond donors (Lipinski definition) is 2. The van der Waals surface area contributed by atoms with Gasteiger partial charge >= 0.3 is 0 Å². The summed E-state index contributed by atoms with van der Waals surface area (Å²) in [5.74, 6) is 0. The third-order valence-electron chi connectivity index (χ3n) is 3.12. The molecule has 5 nitrogen and oxygen atoms in total. The fourth-order valence-electron chi connectivity index (χ4n) is 1.92. The van der Waals surface area contributed by atoms with Crippen LogP contribution >= 0.6 is 0 Å². The van der Waals surface area contributed by atoms with Crippen molar-refractivity contribution < 1.29 is 8.42 Å². The molecule has 112 valence electrons. The number of nitrogens with two attached hydrogens (primary N) is 1. The third-order valence-corrected chi connectivity index (χ3v) is 4.58. The van der Waals surface area contributed by atoms with Gasteiger partial charge in [-0.15, -0.1) is 0 Å². The molecule has 0 radical (unpaired) electrons. The highest BCUT2D eigenvalue weighted by molar-refractivity contribution is 7.89. The normalized spacial score (nSPS) is 13.0. The Kier molecular flexibility index (Phi) is 5.06. The van der Waals surface area contributed by atoms with E-state index in [1.165, 1.54) is 0 Å². The Hall–Kier alpha value is -1.76. The lowest BCUT2D eigenvalue weighted by atomic mass is 10.1. The summed E-state index contributed by atoms with van der Waals surface area (Å²) in [4.78, 5) is 4.24. The van der Waals surface area contributed by atoms with Gasteiger partial charge in [0.05, 0.1) is 4.90 Å². The fraction of sp³-hybridized carbons (Fsp3) is 0.267. The van der Waals surface area contributed by atoms with Crippen molar-refractivity contribution in [1.82, 2.24) is 9.71 Å². The summed E-state index contributed by atoms with van der Waals surface area (Å²) in [7, 11) is -3.51. The van der Waals surface area contributed by atoms with Gasteiger partial charge in [0.2, 0.25) is 10.0 Å². The lowest BCUT2D eigenvalue weighted by Crippen LogP contribution is -2.26. The number of pyridine rings is 1. The van der Waals surface area contributed by atoms with E-state index in [0.29, 0.717) is 13.0 Å². The first-order valence-electron chi connectivity index (χ1n) is 6.73. The minimum atomic E-state index is -3.51. The monoisotopic (exact) mass is 305 g/mol. The highest BCUT2D eigenvalue weighted by Crippen LogP contribution is 2.15. The Bertz CT molecular complexity index is 685. The largest absolute Gasteiger partial charge is 0.324 e. The molecule has 21 heavy (non-hydrogen) atoms. The number of sulfonamides is 1. The number of aromatic nitrogens is 1. The highest BCUT2D eigenvalue weighted by atomic mass is 32.2. The van der Waals surface area contributed by atoms with Crippen molar-refractivity contribution in [2.24, 2.45) is 5.73 Å². The second-order valence-corrected chi connectivity index (χ2v) is 6.64.